The van der Waals surface area contributed by atoms with E-state index in [1.807, 2.05) is 25.1 Å². The molecule has 0 unspecified atom stereocenters. The van der Waals surface area contributed by atoms with Gasteiger partial charge in [-0.25, -0.2) is 4.98 Å². The topological polar surface area (TPSA) is 119 Å². The average Bonchev–Trinajstić information content (AvgIpc) is 3.53. The van der Waals surface area contributed by atoms with Gasteiger partial charge in [0.15, 0.2) is 23.0 Å². The summed E-state index contributed by atoms with van der Waals surface area (Å²) in [7, 11) is 1.43. The number of nitrogens with zero attached hydrogens (tertiary/aromatic N) is 1. The highest BCUT2D eigenvalue weighted by Gasteiger charge is 2.38. The molecular weight excluding hydrogens is 554 g/mol. The largest absolute Gasteiger partial charge is 0.493 e. The molecule has 43 heavy (non-hydrogen) atoms. The molecule has 0 bridgehead atoms. The lowest BCUT2D eigenvalue weighted by Crippen LogP contribution is -2.42. The van der Waals surface area contributed by atoms with Crippen LogP contribution in [-0.4, -0.2) is 68.1 Å². The monoisotopic (exact) mass is 597 g/mol. The van der Waals surface area contributed by atoms with E-state index < -0.39 is 36.5 Å². The molecule has 0 spiro atoms. The van der Waals surface area contributed by atoms with Crippen LogP contribution < -0.4 is 9.47 Å². The Balaban J connectivity index is 1.49. The number of carbonyl (C=O) groups is 3. The first-order chi connectivity index (χ1) is 20.8. The van der Waals surface area contributed by atoms with Crippen LogP contribution in [0.2, 0.25) is 0 Å². The second kappa shape index (κ2) is 15.8. The number of benzene rings is 1. The van der Waals surface area contributed by atoms with Crippen LogP contribution in [0, 0.1) is 17.8 Å². The van der Waals surface area contributed by atoms with Gasteiger partial charge in [-0.15, -0.1) is 0 Å². The van der Waals surface area contributed by atoms with Gasteiger partial charge in [0.2, 0.25) is 6.79 Å². The minimum Gasteiger partial charge on any atom is -0.493 e. The lowest BCUT2D eigenvalue weighted by molar-refractivity contribution is -0.166. The number of cyclic esters (lactones) is 1. The molecule has 10 nitrogen and oxygen atoms in total. The van der Waals surface area contributed by atoms with Gasteiger partial charge >= 0.3 is 11.9 Å². The predicted molar refractivity (Wildman–Crippen MR) is 157 cm³/mol. The van der Waals surface area contributed by atoms with E-state index in [9.17, 15) is 14.4 Å². The third kappa shape index (κ3) is 9.00. The Morgan fingerprint density at radius 2 is 1.81 bits per heavy atom. The fourth-order valence-electron chi connectivity index (χ4n) is 5.52. The molecule has 2 aromatic rings. The maximum absolute atomic E-state index is 13.5. The number of rotatable bonds is 12. The number of methoxy groups -OCH3 is 1. The molecule has 2 heterocycles. The molecule has 1 aromatic carbocycles. The lowest BCUT2D eigenvalue weighted by Gasteiger charge is -2.33. The fraction of sp³-hybridized carbons (Fsp3) is 0.576. The third-order valence-corrected chi connectivity index (χ3v) is 7.87. The van der Waals surface area contributed by atoms with Gasteiger partial charge in [-0.3, -0.25) is 14.4 Å². The van der Waals surface area contributed by atoms with Crippen molar-refractivity contribution in [1.29, 1.82) is 0 Å². The predicted octanol–water partition coefficient (Wildman–Crippen LogP) is 4.96. The number of aromatic nitrogens is 1. The molecule has 2 fully saturated rings. The smallest absolute Gasteiger partial charge is 0.312 e. The van der Waals surface area contributed by atoms with Crippen molar-refractivity contribution in [2.24, 2.45) is 17.8 Å². The zero-order valence-electron chi connectivity index (χ0n) is 25.5. The molecule has 10 heteroatoms. The van der Waals surface area contributed by atoms with Crippen molar-refractivity contribution in [2.45, 2.75) is 77.6 Å². The molecule has 2 aliphatic rings. The maximum atomic E-state index is 13.5. The molecule has 1 aliphatic heterocycles. The second-order valence-corrected chi connectivity index (χ2v) is 11.5. The molecule has 1 aliphatic carbocycles. The number of ether oxygens (including phenoxy) is 6. The van der Waals surface area contributed by atoms with E-state index in [0.717, 1.165) is 31.2 Å². The minimum absolute atomic E-state index is 0.00485. The van der Waals surface area contributed by atoms with Crippen LogP contribution in [0.5, 0.6) is 11.5 Å². The highest BCUT2D eigenvalue weighted by Crippen LogP contribution is 2.33. The van der Waals surface area contributed by atoms with Crippen molar-refractivity contribution in [3.63, 3.8) is 0 Å². The Hall–Kier alpha value is -3.50. The lowest BCUT2D eigenvalue weighted by atomic mass is 9.91. The first-order valence-electron chi connectivity index (χ1n) is 15.1. The van der Waals surface area contributed by atoms with Crippen molar-refractivity contribution in [2.75, 3.05) is 27.1 Å². The molecular formula is C33H43NO9. The van der Waals surface area contributed by atoms with Crippen molar-refractivity contribution in [1.82, 2.24) is 4.98 Å². The van der Waals surface area contributed by atoms with E-state index in [1.165, 1.54) is 19.4 Å². The minimum atomic E-state index is -0.864. The Morgan fingerprint density at radius 1 is 1.07 bits per heavy atom. The van der Waals surface area contributed by atoms with Gasteiger partial charge in [0.05, 0.1) is 44.4 Å². The van der Waals surface area contributed by atoms with Crippen LogP contribution in [0.3, 0.4) is 0 Å². The highest BCUT2D eigenvalue weighted by atomic mass is 16.7. The third-order valence-electron chi connectivity index (χ3n) is 7.87. The van der Waals surface area contributed by atoms with Gasteiger partial charge in [-0.05, 0) is 31.7 Å². The zero-order valence-corrected chi connectivity index (χ0v) is 25.5. The second-order valence-electron chi connectivity index (χ2n) is 11.5. The van der Waals surface area contributed by atoms with Gasteiger partial charge in [-0.2, -0.15) is 0 Å². The standard InChI is InChI=1S/C33H43NO9/c1-21(2)32(36)41-20-40-31-28(38-4)14-15-34-29(31)27(35)17-25-19-39-18-24(16-23-10-6-5-7-11-23)30(22(3)42-33(25)37)43-26-12-8-9-13-26/h5-7,10-11,14-15,21-22,24-26,30H,8-9,12-13,16-20H2,1-4H3/t22-,24-,25-,30-/m0/s1. The highest BCUT2D eigenvalue weighted by molar-refractivity contribution is 5.99. The first kappa shape index (κ1) is 32.4. The number of hydrogen-bond donors (Lipinski definition) is 0. The maximum Gasteiger partial charge on any atom is 0.312 e. The van der Waals surface area contributed by atoms with Crippen LogP contribution in [0.1, 0.15) is 68.9 Å². The Kier molecular flexibility index (Phi) is 11.9. The van der Waals surface area contributed by atoms with Crippen LogP contribution in [0.15, 0.2) is 42.6 Å². The SMILES string of the molecule is COc1ccnc(C(=O)C[C@H]2COC[C@H](Cc3ccccc3)[C@@H](OC3CCCC3)[C@H](C)OC2=O)c1OCOC(=O)C(C)C. The summed E-state index contributed by atoms with van der Waals surface area (Å²) < 4.78 is 34.8. The van der Waals surface area contributed by atoms with E-state index >= 15 is 0 Å². The first-order valence-corrected chi connectivity index (χ1v) is 15.1. The van der Waals surface area contributed by atoms with E-state index in [-0.39, 0.29) is 54.3 Å². The van der Waals surface area contributed by atoms with E-state index in [0.29, 0.717) is 13.0 Å². The van der Waals surface area contributed by atoms with Gasteiger partial charge in [0.1, 0.15) is 6.10 Å². The van der Waals surface area contributed by atoms with Crippen LogP contribution in [-0.2, 0) is 35.0 Å². The summed E-state index contributed by atoms with van der Waals surface area (Å²) in [5.74, 6) is -2.41. The Labute approximate surface area is 253 Å². The molecule has 1 aromatic heterocycles. The van der Waals surface area contributed by atoms with E-state index in [2.05, 4.69) is 17.1 Å². The van der Waals surface area contributed by atoms with Gasteiger partial charge in [0, 0.05) is 24.6 Å². The number of pyridine rings is 1. The van der Waals surface area contributed by atoms with E-state index in [1.54, 1.807) is 13.8 Å². The molecule has 1 saturated heterocycles. The van der Waals surface area contributed by atoms with Crippen LogP contribution >= 0.6 is 0 Å². The number of Topliss-reactive ketones (excluding diaryl/α,β-unsaturated/α-hetero) is 1. The fourth-order valence-corrected chi connectivity index (χ4v) is 5.52. The summed E-state index contributed by atoms with van der Waals surface area (Å²) in [4.78, 5) is 43.0. The van der Waals surface area contributed by atoms with Crippen molar-refractivity contribution < 1.29 is 42.8 Å². The molecule has 4 rings (SSSR count). The normalized spacial score (nSPS) is 23.1. The average molecular weight is 598 g/mol. The van der Waals surface area contributed by atoms with Gasteiger partial charge < -0.3 is 28.4 Å². The van der Waals surface area contributed by atoms with Crippen molar-refractivity contribution in [3.8, 4) is 11.5 Å². The Bertz CT molecular complexity index is 1210. The molecule has 1 saturated carbocycles. The summed E-state index contributed by atoms with van der Waals surface area (Å²) >= 11 is 0. The van der Waals surface area contributed by atoms with Gasteiger partial charge in [-0.1, -0.05) is 57.0 Å². The number of esters is 2. The summed E-state index contributed by atoms with van der Waals surface area (Å²) in [5, 5.41) is 0. The number of hydrogen-bond acceptors (Lipinski definition) is 10. The summed E-state index contributed by atoms with van der Waals surface area (Å²) in [6.07, 6.45) is 5.37. The molecule has 0 radical (unpaired) electrons. The summed E-state index contributed by atoms with van der Waals surface area (Å²) in [6, 6.07) is 11.7. The number of ketones is 1. The molecule has 0 amide bonds. The molecule has 234 valence electrons. The van der Waals surface area contributed by atoms with Crippen molar-refractivity contribution in [3.05, 3.63) is 53.9 Å². The molecule has 0 N–H and O–H groups in total. The van der Waals surface area contributed by atoms with Gasteiger partial charge in [0.25, 0.3) is 0 Å². The number of carbonyl (C=O) groups excluding carboxylic acids is 3. The zero-order chi connectivity index (χ0) is 30.8. The van der Waals surface area contributed by atoms with Crippen molar-refractivity contribution >= 4 is 17.7 Å². The quantitative estimate of drug-likeness (QED) is 0.189. The summed E-state index contributed by atoms with van der Waals surface area (Å²) in [6.45, 7) is 5.20. The van der Waals surface area contributed by atoms with E-state index in [4.69, 9.17) is 28.4 Å². The van der Waals surface area contributed by atoms with Crippen LogP contribution in [0.25, 0.3) is 0 Å². The molecule has 4 atom stereocenters. The van der Waals surface area contributed by atoms with Crippen LogP contribution in [0.4, 0.5) is 0 Å². The Morgan fingerprint density at radius 3 is 2.51 bits per heavy atom. The summed E-state index contributed by atoms with van der Waals surface area (Å²) in [5.41, 5.74) is 1.11.